The van der Waals surface area contributed by atoms with E-state index in [1.807, 2.05) is 13.0 Å². The van der Waals surface area contributed by atoms with Crippen LogP contribution in [0.4, 0.5) is 10.8 Å². The fourth-order valence-corrected chi connectivity index (χ4v) is 8.16. The molecule has 268 valence electrons. The zero-order valence-corrected chi connectivity index (χ0v) is 29.3. The summed E-state index contributed by atoms with van der Waals surface area (Å²) in [5.74, 6) is -3.39. The maximum absolute atomic E-state index is 13.4. The highest BCUT2D eigenvalue weighted by atomic mass is 32.2. The summed E-state index contributed by atoms with van der Waals surface area (Å²) in [5.41, 5.74) is 9.74. The van der Waals surface area contributed by atoms with Gasteiger partial charge < -0.3 is 31.2 Å². The predicted octanol–water partition coefficient (Wildman–Crippen LogP) is 0.970. The second-order valence-electron chi connectivity index (χ2n) is 11.7. The number of thiazole rings is 1. The topological polar surface area (TPSA) is 268 Å². The number of hydroxylamine groups is 1. The lowest BCUT2D eigenvalue weighted by molar-refractivity contribution is -0.152. The van der Waals surface area contributed by atoms with Crippen LogP contribution in [0.5, 0.6) is 11.5 Å². The van der Waals surface area contributed by atoms with Gasteiger partial charge in [0.15, 0.2) is 28.2 Å². The molecule has 22 heteroatoms. The summed E-state index contributed by atoms with van der Waals surface area (Å²) >= 11 is 3.60. The standard InChI is InChI=1S/C29H30N10O9S3/c1-12-6-19(39-18(31-12)8-37(36-39)14-4-5-16(40)17(41)7-14)49-9-13-10-50-25-21(24(43)38(25)22(13)26(44)45)33-23(42)20(15-11-51-28(30)32-15)35-48-29(2,3)27(46)34-47/h4-8,11,21,25,36,40-41,47H,9-10H2,1-3H3,(H2,30,32)(H,33,42)(H,34,46)(H,44,45)/t21-,25-/m1/s1. The van der Waals surface area contributed by atoms with Crippen molar-refractivity contribution in [2.24, 2.45) is 10.1 Å². The number of nitrogens with one attached hydrogen (secondary N) is 3. The van der Waals surface area contributed by atoms with Crippen molar-refractivity contribution in [3.63, 3.8) is 0 Å². The van der Waals surface area contributed by atoms with E-state index >= 15 is 0 Å². The third-order valence-corrected chi connectivity index (χ3v) is 10.8. The number of benzene rings is 1. The monoisotopic (exact) mass is 758 g/mol. The molecule has 4 aliphatic heterocycles. The van der Waals surface area contributed by atoms with Crippen molar-refractivity contribution in [1.29, 1.82) is 0 Å². The molecule has 1 aromatic carbocycles. The van der Waals surface area contributed by atoms with Crippen molar-refractivity contribution >= 4 is 80.8 Å². The summed E-state index contributed by atoms with van der Waals surface area (Å²) in [4.78, 5) is 66.3. The zero-order valence-electron chi connectivity index (χ0n) is 26.8. The van der Waals surface area contributed by atoms with Crippen LogP contribution in [-0.4, -0.2) is 99.1 Å². The van der Waals surface area contributed by atoms with Crippen molar-refractivity contribution in [2.45, 2.75) is 37.8 Å². The van der Waals surface area contributed by atoms with Gasteiger partial charge in [0.05, 0.1) is 16.9 Å². The van der Waals surface area contributed by atoms with Gasteiger partial charge in [0.25, 0.3) is 17.7 Å². The van der Waals surface area contributed by atoms with Gasteiger partial charge in [-0.05, 0) is 44.6 Å². The molecule has 0 spiro atoms. The smallest absolute Gasteiger partial charge is 0.352 e. The van der Waals surface area contributed by atoms with E-state index in [-0.39, 0.29) is 39.5 Å². The molecule has 2 aromatic rings. The Bertz CT molecular complexity index is 1990. The third-order valence-electron chi connectivity index (χ3n) is 7.69. The first-order valence-corrected chi connectivity index (χ1v) is 17.7. The van der Waals surface area contributed by atoms with Crippen LogP contribution in [-0.2, 0) is 24.0 Å². The lowest BCUT2D eigenvalue weighted by Crippen LogP contribution is -2.71. The normalized spacial score (nSPS) is 20.2. The number of hydrogen-bond donors (Lipinski definition) is 8. The van der Waals surface area contributed by atoms with Gasteiger partial charge in [0.2, 0.25) is 5.60 Å². The second kappa shape index (κ2) is 13.8. The molecule has 1 aromatic heterocycles. The maximum atomic E-state index is 13.4. The Morgan fingerprint density at radius 3 is 2.69 bits per heavy atom. The van der Waals surface area contributed by atoms with E-state index < -0.39 is 46.4 Å². The fourth-order valence-electron chi connectivity index (χ4n) is 5.06. The van der Waals surface area contributed by atoms with Crippen LogP contribution in [0, 0.1) is 0 Å². The number of phenols is 2. The van der Waals surface area contributed by atoms with Crippen LogP contribution in [0.15, 0.2) is 68.1 Å². The predicted molar refractivity (Wildman–Crippen MR) is 187 cm³/mol. The Balaban J connectivity index is 1.16. The summed E-state index contributed by atoms with van der Waals surface area (Å²) in [5, 5.41) is 50.0. The largest absolute Gasteiger partial charge is 0.504 e. The molecule has 2 atom stereocenters. The quantitative estimate of drug-likeness (QED) is 0.0522. The van der Waals surface area contributed by atoms with Crippen LogP contribution in [0.25, 0.3) is 0 Å². The molecule has 51 heavy (non-hydrogen) atoms. The van der Waals surface area contributed by atoms with Gasteiger partial charge in [0.1, 0.15) is 22.8 Å². The van der Waals surface area contributed by atoms with Gasteiger partial charge in [-0.15, -0.1) is 40.4 Å². The minimum atomic E-state index is -1.70. The average Bonchev–Trinajstić information content (AvgIpc) is 3.72. The molecule has 19 nitrogen and oxygen atoms in total. The fraction of sp³-hybridized carbons (Fsp3) is 0.276. The molecular formula is C29H30N10O9S3. The highest BCUT2D eigenvalue weighted by Gasteiger charge is 2.54. The number of hydrogen-bond acceptors (Lipinski definition) is 18. The number of hydrazine groups is 2. The maximum Gasteiger partial charge on any atom is 0.352 e. The van der Waals surface area contributed by atoms with E-state index in [0.717, 1.165) is 16.2 Å². The lowest BCUT2D eigenvalue weighted by Gasteiger charge is -2.49. The third kappa shape index (κ3) is 6.90. The van der Waals surface area contributed by atoms with Crippen molar-refractivity contribution in [2.75, 3.05) is 22.2 Å². The molecule has 1 saturated heterocycles. The number of phenolic OH excluding ortho intramolecular Hbond substituents is 2. The number of carbonyl (C=O) groups is 4. The number of aromatic hydroxyl groups is 2. The molecule has 5 heterocycles. The number of amides is 3. The zero-order chi connectivity index (χ0) is 36.8. The number of carboxylic acid groups (broad SMARTS) is 1. The molecule has 0 saturated carbocycles. The van der Waals surface area contributed by atoms with Crippen molar-refractivity contribution in [3.8, 4) is 11.5 Å². The molecule has 0 aliphatic carbocycles. The molecule has 0 radical (unpaired) electrons. The van der Waals surface area contributed by atoms with Crippen LogP contribution in [0.1, 0.15) is 26.5 Å². The molecule has 0 bridgehead atoms. The first-order valence-electron chi connectivity index (χ1n) is 14.8. The highest BCUT2D eigenvalue weighted by Crippen LogP contribution is 2.43. The number of aliphatic carboxylic acids is 1. The number of thioether (sulfide) groups is 2. The van der Waals surface area contributed by atoms with Gasteiger partial charge in [-0.2, -0.15) is 0 Å². The van der Waals surface area contributed by atoms with E-state index in [0.29, 0.717) is 27.8 Å². The number of β-lactam (4-membered cyclic amide) rings is 1. The summed E-state index contributed by atoms with van der Waals surface area (Å²) in [6.45, 7) is 4.40. The molecule has 4 aliphatic rings. The molecule has 3 amide bonds. The number of carbonyl (C=O) groups excluding carboxylic acids is 3. The molecule has 6 rings (SSSR count). The first kappa shape index (κ1) is 35.5. The number of aliphatic imine (C=N–C) groups is 1. The van der Waals surface area contributed by atoms with Crippen LogP contribution < -0.4 is 27.1 Å². The van der Waals surface area contributed by atoms with Crippen LogP contribution in [0.2, 0.25) is 0 Å². The number of fused-ring (bicyclic) bond motifs is 2. The van der Waals surface area contributed by atoms with E-state index in [4.69, 9.17) is 15.8 Å². The summed E-state index contributed by atoms with van der Waals surface area (Å²) in [6.07, 6.45) is 3.50. The Morgan fingerprint density at radius 2 is 2.02 bits per heavy atom. The second-order valence-corrected chi connectivity index (χ2v) is 14.7. The van der Waals surface area contributed by atoms with Crippen LogP contribution >= 0.6 is 34.9 Å². The average molecular weight is 759 g/mol. The van der Waals surface area contributed by atoms with Gasteiger partial charge in [-0.3, -0.25) is 29.5 Å². The lowest BCUT2D eigenvalue weighted by atomic mass is 10.0. The Morgan fingerprint density at radius 1 is 1.25 bits per heavy atom. The van der Waals surface area contributed by atoms with E-state index in [1.54, 1.807) is 22.3 Å². The number of nitrogens with two attached hydrogens (primary N) is 1. The molecule has 0 unspecified atom stereocenters. The Hall–Kier alpha value is -5.29. The Labute approximate surface area is 301 Å². The van der Waals surface area contributed by atoms with Gasteiger partial charge in [0, 0.05) is 28.7 Å². The first-order chi connectivity index (χ1) is 24.2. The van der Waals surface area contributed by atoms with Gasteiger partial charge in [-0.25, -0.2) is 25.3 Å². The van der Waals surface area contributed by atoms with Gasteiger partial charge in [-0.1, -0.05) is 5.16 Å². The summed E-state index contributed by atoms with van der Waals surface area (Å²) in [7, 11) is 0. The number of allylic oxidation sites excluding steroid dienone is 1. The van der Waals surface area contributed by atoms with Crippen molar-refractivity contribution in [1.82, 2.24) is 31.2 Å². The van der Waals surface area contributed by atoms with E-state index in [1.165, 1.54) is 60.4 Å². The molecule has 9 N–H and O–H groups in total. The number of nitrogens with zero attached hydrogens (tertiary/aromatic N) is 6. The van der Waals surface area contributed by atoms with Crippen LogP contribution in [0.3, 0.4) is 0 Å². The number of rotatable bonds is 11. The number of anilines is 2. The van der Waals surface area contributed by atoms with Crippen molar-refractivity contribution < 1.29 is 44.5 Å². The number of oxime groups is 1. The SMILES string of the molecule is CC1=NC2=CN(c3ccc(O)c(O)c3)NN2C(SCC2=C(C(=O)O)N3C(=O)[C@@H](NC(=O)C(=NOC(C)(C)C(=O)NO)c4csc(N)n4)[C@H]3SC2)=C1. The summed E-state index contributed by atoms with van der Waals surface area (Å²) in [6, 6.07) is 3.21. The van der Waals surface area contributed by atoms with E-state index in [9.17, 15) is 34.5 Å². The molecular weight excluding hydrogens is 729 g/mol. The number of nitrogen functional groups attached to an aromatic ring is 1. The Kier molecular flexibility index (Phi) is 9.61. The summed E-state index contributed by atoms with van der Waals surface area (Å²) < 4.78 is 0. The minimum absolute atomic E-state index is 0.00712. The molecule has 1 fully saturated rings. The van der Waals surface area contributed by atoms with E-state index in [2.05, 4.69) is 26.0 Å². The number of carboxylic acids is 1. The number of aromatic nitrogens is 1. The van der Waals surface area contributed by atoms with Gasteiger partial charge >= 0.3 is 5.97 Å². The van der Waals surface area contributed by atoms with Crippen molar-refractivity contribution in [3.05, 3.63) is 63.7 Å². The minimum Gasteiger partial charge on any atom is -0.504 e. The highest BCUT2D eigenvalue weighted by molar-refractivity contribution is 8.03.